The molecule has 1 aromatic carbocycles. The van der Waals surface area contributed by atoms with Crippen LogP contribution >= 0.6 is 11.6 Å². The molecule has 5 atom stereocenters. The maximum Gasteiger partial charge on any atom is 0.226 e. The first-order valence-corrected chi connectivity index (χ1v) is 10.8. The normalized spacial score (nSPS) is 29.0. The van der Waals surface area contributed by atoms with Crippen molar-refractivity contribution in [2.24, 2.45) is 0 Å². The zero-order valence-electron chi connectivity index (χ0n) is 16.8. The number of benzene rings is 1. The minimum absolute atomic E-state index is 0.0674. The van der Waals surface area contributed by atoms with Gasteiger partial charge in [-0.15, -0.1) is 0 Å². The van der Waals surface area contributed by atoms with E-state index >= 15 is 0 Å². The molecule has 0 bridgehead atoms. The third-order valence-electron chi connectivity index (χ3n) is 6.16. The second-order valence-electron chi connectivity index (χ2n) is 8.07. The Balaban J connectivity index is 1.49. The summed E-state index contributed by atoms with van der Waals surface area (Å²) < 4.78 is 7.18. The number of aromatic nitrogens is 4. The van der Waals surface area contributed by atoms with Crippen LogP contribution in [-0.2, 0) is 4.74 Å². The monoisotopic (exact) mass is 445 g/mol. The highest BCUT2D eigenvalue weighted by atomic mass is 35.5. The summed E-state index contributed by atoms with van der Waals surface area (Å²) in [5.41, 5.74) is 2.25. The van der Waals surface area contributed by atoms with Crippen LogP contribution in [0.3, 0.4) is 0 Å². The summed E-state index contributed by atoms with van der Waals surface area (Å²) in [6.07, 6.45) is -0.657. The van der Waals surface area contributed by atoms with Crippen molar-refractivity contribution in [3.63, 3.8) is 0 Å². The molecule has 2 unspecified atom stereocenters. The number of nitrogens with zero attached hydrogens (tertiary/aromatic N) is 5. The van der Waals surface area contributed by atoms with Gasteiger partial charge in [-0.3, -0.25) is 4.57 Å². The highest BCUT2D eigenvalue weighted by Crippen LogP contribution is 2.35. The predicted molar refractivity (Wildman–Crippen MR) is 114 cm³/mol. The van der Waals surface area contributed by atoms with Crippen LogP contribution in [0.2, 0.25) is 5.28 Å². The van der Waals surface area contributed by atoms with Crippen LogP contribution in [0.25, 0.3) is 11.2 Å². The zero-order valence-corrected chi connectivity index (χ0v) is 17.5. The van der Waals surface area contributed by atoms with Crippen molar-refractivity contribution < 1.29 is 20.1 Å². The van der Waals surface area contributed by atoms with Gasteiger partial charge in [-0.1, -0.05) is 30.3 Å². The average Bonchev–Trinajstić information content (AvgIpc) is 3.34. The molecule has 31 heavy (non-hydrogen) atoms. The Morgan fingerprint density at radius 1 is 1.13 bits per heavy atom. The van der Waals surface area contributed by atoms with E-state index in [0.29, 0.717) is 22.9 Å². The third-order valence-corrected chi connectivity index (χ3v) is 6.33. The molecule has 2 aromatic heterocycles. The van der Waals surface area contributed by atoms with Gasteiger partial charge >= 0.3 is 0 Å². The molecule has 164 valence electrons. The molecular weight excluding hydrogens is 422 g/mol. The number of halogens is 1. The minimum Gasteiger partial charge on any atom is -0.394 e. The minimum atomic E-state index is -1.23. The lowest BCUT2D eigenvalue weighted by Gasteiger charge is -2.34. The highest BCUT2D eigenvalue weighted by Gasteiger charge is 2.44. The van der Waals surface area contributed by atoms with Gasteiger partial charge < -0.3 is 25.0 Å². The Labute approximate surface area is 183 Å². The van der Waals surface area contributed by atoms with Crippen LogP contribution in [0.4, 0.5) is 5.82 Å². The van der Waals surface area contributed by atoms with E-state index in [4.69, 9.17) is 16.3 Å². The van der Waals surface area contributed by atoms with E-state index in [-0.39, 0.29) is 5.28 Å². The van der Waals surface area contributed by atoms with E-state index in [1.165, 1.54) is 16.5 Å². The van der Waals surface area contributed by atoms with Gasteiger partial charge in [-0.25, -0.2) is 4.98 Å². The molecule has 0 amide bonds. The van der Waals surface area contributed by atoms with Crippen molar-refractivity contribution >= 4 is 28.6 Å². The van der Waals surface area contributed by atoms with Crippen molar-refractivity contribution in [3.8, 4) is 0 Å². The second kappa shape index (κ2) is 8.33. The molecule has 2 fully saturated rings. The highest BCUT2D eigenvalue weighted by molar-refractivity contribution is 6.28. The SMILES string of the molecule is OC[C@H]1O[C@@H](n2cnc3c(N4CCCC(c5ccccc5)C4)nc(Cl)nc32)C(O)[C@H]1O. The standard InChI is InChI=1S/C21H24ClN5O4/c22-21-24-18(26-8-4-7-13(9-26)12-5-2-1-3-6-12)15-19(25-21)27(11-23-15)20-17(30)16(29)14(10-28)31-20/h1-3,5-6,11,13-14,16-17,20,28-30H,4,7-10H2/t13?,14-,16+,17?,20-/m1/s1. The van der Waals surface area contributed by atoms with E-state index < -0.39 is 31.1 Å². The quantitative estimate of drug-likeness (QED) is 0.517. The number of piperidine rings is 1. The number of imidazole rings is 1. The fourth-order valence-electron chi connectivity index (χ4n) is 4.56. The Morgan fingerprint density at radius 2 is 1.94 bits per heavy atom. The summed E-state index contributed by atoms with van der Waals surface area (Å²) in [4.78, 5) is 15.4. The Kier molecular flexibility index (Phi) is 5.53. The summed E-state index contributed by atoms with van der Waals surface area (Å²) in [7, 11) is 0. The summed E-state index contributed by atoms with van der Waals surface area (Å²) in [5, 5.41) is 30.0. The fraction of sp³-hybridized carbons (Fsp3) is 0.476. The Hall–Kier alpha value is -2.30. The van der Waals surface area contributed by atoms with E-state index in [1.54, 1.807) is 0 Å². The van der Waals surface area contributed by atoms with Gasteiger partial charge in [-0.05, 0) is 30.0 Å². The number of fused-ring (bicyclic) bond motifs is 1. The van der Waals surface area contributed by atoms with Gasteiger partial charge in [0.25, 0.3) is 0 Å². The number of hydrogen-bond donors (Lipinski definition) is 3. The largest absolute Gasteiger partial charge is 0.394 e. The van der Waals surface area contributed by atoms with Gasteiger partial charge in [0.2, 0.25) is 5.28 Å². The molecule has 5 rings (SSSR count). The molecule has 3 aromatic rings. The van der Waals surface area contributed by atoms with Crippen molar-refractivity contribution in [1.29, 1.82) is 0 Å². The molecule has 0 saturated carbocycles. The molecule has 2 aliphatic rings. The van der Waals surface area contributed by atoms with Crippen LogP contribution in [-0.4, -0.2) is 72.8 Å². The topological polar surface area (TPSA) is 117 Å². The summed E-state index contributed by atoms with van der Waals surface area (Å²) >= 11 is 6.27. The molecule has 0 spiro atoms. The molecule has 0 radical (unpaired) electrons. The van der Waals surface area contributed by atoms with Gasteiger partial charge in [0.05, 0.1) is 12.9 Å². The maximum absolute atomic E-state index is 10.4. The van der Waals surface area contributed by atoms with Crippen LogP contribution in [0.1, 0.15) is 30.6 Å². The first kappa shape index (κ1) is 20.6. The molecule has 10 heteroatoms. The molecule has 2 aliphatic heterocycles. The van der Waals surface area contributed by atoms with Gasteiger partial charge in [-0.2, -0.15) is 9.97 Å². The van der Waals surface area contributed by atoms with Crippen molar-refractivity contribution in [1.82, 2.24) is 19.5 Å². The van der Waals surface area contributed by atoms with Crippen LogP contribution in [0.15, 0.2) is 36.7 Å². The first-order chi connectivity index (χ1) is 15.1. The lowest BCUT2D eigenvalue weighted by atomic mass is 9.91. The number of aliphatic hydroxyl groups is 3. The smallest absolute Gasteiger partial charge is 0.226 e. The van der Waals surface area contributed by atoms with E-state index in [2.05, 4.69) is 44.1 Å². The second-order valence-corrected chi connectivity index (χ2v) is 8.40. The van der Waals surface area contributed by atoms with E-state index in [0.717, 1.165) is 25.9 Å². The van der Waals surface area contributed by atoms with Crippen LogP contribution in [0, 0.1) is 0 Å². The lowest BCUT2D eigenvalue weighted by Crippen LogP contribution is -2.35. The number of aliphatic hydroxyl groups excluding tert-OH is 3. The summed E-state index contributed by atoms with van der Waals surface area (Å²) in [5.74, 6) is 1.02. The number of anilines is 1. The summed E-state index contributed by atoms with van der Waals surface area (Å²) in [6, 6.07) is 10.4. The number of rotatable bonds is 4. The average molecular weight is 446 g/mol. The number of hydrogen-bond acceptors (Lipinski definition) is 8. The molecule has 0 aliphatic carbocycles. The molecule has 2 saturated heterocycles. The fourth-order valence-corrected chi connectivity index (χ4v) is 4.72. The zero-order chi connectivity index (χ0) is 21.5. The molecule has 3 N–H and O–H groups in total. The number of ether oxygens (including phenoxy) is 1. The Bertz CT molecular complexity index is 1060. The van der Waals surface area contributed by atoms with Crippen molar-refractivity contribution in [3.05, 3.63) is 47.5 Å². The third kappa shape index (κ3) is 3.66. The summed E-state index contributed by atoms with van der Waals surface area (Å²) in [6.45, 7) is 1.21. The van der Waals surface area contributed by atoms with E-state index in [1.807, 2.05) is 6.07 Å². The van der Waals surface area contributed by atoms with E-state index in [9.17, 15) is 15.3 Å². The van der Waals surface area contributed by atoms with Crippen LogP contribution in [0.5, 0.6) is 0 Å². The van der Waals surface area contributed by atoms with Gasteiger partial charge in [0, 0.05) is 19.0 Å². The van der Waals surface area contributed by atoms with Crippen molar-refractivity contribution in [2.45, 2.75) is 43.3 Å². The van der Waals surface area contributed by atoms with Gasteiger partial charge in [0.1, 0.15) is 18.3 Å². The lowest BCUT2D eigenvalue weighted by molar-refractivity contribution is -0.0511. The first-order valence-electron chi connectivity index (χ1n) is 10.4. The molecule has 4 heterocycles. The molecule has 9 nitrogen and oxygen atoms in total. The van der Waals surface area contributed by atoms with Crippen LogP contribution < -0.4 is 4.90 Å². The maximum atomic E-state index is 10.4. The molecular formula is C21H24ClN5O4. The Morgan fingerprint density at radius 3 is 2.68 bits per heavy atom. The van der Waals surface area contributed by atoms with Gasteiger partial charge in [0.15, 0.2) is 23.2 Å². The van der Waals surface area contributed by atoms with Crippen molar-refractivity contribution in [2.75, 3.05) is 24.6 Å². The predicted octanol–water partition coefficient (Wildman–Crippen LogP) is 1.48.